The molecular weight excluding hydrogens is 211 g/mol. The van der Waals surface area contributed by atoms with E-state index in [0.29, 0.717) is 0 Å². The number of nitrogens with one attached hydrogen (secondary N) is 1. The predicted octanol–water partition coefficient (Wildman–Crippen LogP) is 2.59. The largest absolute Gasteiger partial charge is 0.308 e. The molecule has 1 N–H and O–H groups in total. The highest BCUT2D eigenvalue weighted by molar-refractivity contribution is 7.08. The van der Waals surface area contributed by atoms with Gasteiger partial charge in [0.25, 0.3) is 0 Å². The van der Waals surface area contributed by atoms with Crippen molar-refractivity contribution in [2.24, 2.45) is 0 Å². The Hall–Kier alpha value is -1.26. The van der Waals surface area contributed by atoms with Crippen molar-refractivity contribution in [3.05, 3.63) is 52.2 Å². The molecule has 0 aromatic carbocycles. The molecule has 0 aliphatic rings. The summed E-state index contributed by atoms with van der Waals surface area (Å²) in [4.78, 5) is 4.07. The Labute approximate surface area is 91.8 Å². The molecule has 0 saturated heterocycles. The Kier molecular flexibility index (Phi) is 3.08. The summed E-state index contributed by atoms with van der Waals surface area (Å²) < 4.78 is 12.7. The van der Waals surface area contributed by atoms with Gasteiger partial charge in [-0.05, 0) is 41.6 Å². The number of pyridine rings is 1. The van der Waals surface area contributed by atoms with Gasteiger partial charge < -0.3 is 5.32 Å². The molecule has 2 nitrogen and oxygen atoms in total. The molecule has 0 saturated carbocycles. The van der Waals surface area contributed by atoms with Crippen LogP contribution in [-0.4, -0.2) is 12.0 Å². The maximum Gasteiger partial charge on any atom is 0.141 e. The summed E-state index contributed by atoms with van der Waals surface area (Å²) in [6.07, 6.45) is 1.24. The van der Waals surface area contributed by atoms with E-state index in [4.69, 9.17) is 0 Å². The number of nitrogens with zero attached hydrogens (tertiary/aromatic N) is 1. The van der Waals surface area contributed by atoms with Crippen LogP contribution in [-0.2, 0) is 0 Å². The summed E-state index contributed by atoms with van der Waals surface area (Å²) in [6.45, 7) is 0. The van der Waals surface area contributed by atoms with Crippen molar-refractivity contribution in [1.82, 2.24) is 10.3 Å². The zero-order chi connectivity index (χ0) is 10.7. The predicted molar refractivity (Wildman–Crippen MR) is 59.4 cm³/mol. The summed E-state index contributed by atoms with van der Waals surface area (Å²) in [5, 5.41) is 7.24. The molecule has 78 valence electrons. The molecule has 4 heteroatoms. The lowest BCUT2D eigenvalue weighted by Crippen LogP contribution is -2.18. The molecule has 15 heavy (non-hydrogen) atoms. The van der Waals surface area contributed by atoms with Gasteiger partial charge in [-0.25, -0.2) is 4.39 Å². The first kappa shape index (κ1) is 10.3. The van der Waals surface area contributed by atoms with Gasteiger partial charge in [-0.3, -0.25) is 4.98 Å². The summed E-state index contributed by atoms with van der Waals surface area (Å²) in [5.41, 5.74) is 1.99. The van der Waals surface area contributed by atoms with Crippen LogP contribution >= 0.6 is 11.3 Å². The molecule has 0 radical (unpaired) electrons. The van der Waals surface area contributed by atoms with Crippen LogP contribution in [0.1, 0.15) is 17.3 Å². The molecule has 0 spiro atoms. The fraction of sp³-hybridized carbons (Fsp3) is 0.182. The molecule has 2 heterocycles. The van der Waals surface area contributed by atoms with Crippen molar-refractivity contribution in [3.63, 3.8) is 0 Å². The second-order valence-corrected chi connectivity index (χ2v) is 3.96. The molecule has 0 amide bonds. The molecule has 0 aliphatic heterocycles. The highest BCUT2D eigenvalue weighted by Gasteiger charge is 2.13. The van der Waals surface area contributed by atoms with Crippen LogP contribution in [0.15, 0.2) is 35.2 Å². The summed E-state index contributed by atoms with van der Waals surface area (Å²) in [7, 11) is 1.87. The van der Waals surface area contributed by atoms with E-state index in [1.54, 1.807) is 17.4 Å². The Balaban J connectivity index is 2.31. The molecule has 0 aliphatic carbocycles. The number of hydrogen-bond acceptors (Lipinski definition) is 3. The fourth-order valence-electron chi connectivity index (χ4n) is 1.48. The highest BCUT2D eigenvalue weighted by Crippen LogP contribution is 2.21. The lowest BCUT2D eigenvalue weighted by atomic mass is 10.1. The summed E-state index contributed by atoms with van der Waals surface area (Å²) >= 11 is 1.64. The zero-order valence-electron chi connectivity index (χ0n) is 8.27. The van der Waals surface area contributed by atoms with Gasteiger partial charge in [0, 0.05) is 0 Å². The van der Waals surface area contributed by atoms with Crippen molar-refractivity contribution >= 4 is 11.3 Å². The number of hydrogen-bond donors (Lipinski definition) is 1. The van der Waals surface area contributed by atoms with E-state index < -0.39 is 0 Å². The van der Waals surface area contributed by atoms with Crippen molar-refractivity contribution in [3.8, 4) is 0 Å². The summed E-state index contributed by atoms with van der Waals surface area (Å²) in [5.74, 6) is -0.307. The van der Waals surface area contributed by atoms with Crippen LogP contribution in [0.3, 0.4) is 0 Å². The first-order valence-corrected chi connectivity index (χ1v) is 5.56. The Morgan fingerprint density at radius 2 is 2.27 bits per heavy atom. The van der Waals surface area contributed by atoms with Crippen LogP contribution < -0.4 is 5.32 Å². The lowest BCUT2D eigenvalue weighted by molar-refractivity contribution is 0.610. The normalized spacial score (nSPS) is 12.7. The molecular formula is C11H11FN2S. The Morgan fingerprint density at radius 3 is 2.80 bits per heavy atom. The average molecular weight is 222 g/mol. The van der Waals surface area contributed by atoms with Gasteiger partial charge in [0.15, 0.2) is 0 Å². The quantitative estimate of drug-likeness (QED) is 0.863. The van der Waals surface area contributed by atoms with Gasteiger partial charge in [-0.2, -0.15) is 11.3 Å². The number of thiophene rings is 1. The SMILES string of the molecule is CNC(c1ccsc1)c1ccc(F)cn1. The minimum Gasteiger partial charge on any atom is -0.308 e. The molecule has 0 fully saturated rings. The second-order valence-electron chi connectivity index (χ2n) is 3.18. The minimum absolute atomic E-state index is 0.0387. The van der Waals surface area contributed by atoms with Crippen LogP contribution in [0.4, 0.5) is 4.39 Å². The van der Waals surface area contributed by atoms with Crippen molar-refractivity contribution < 1.29 is 4.39 Å². The summed E-state index contributed by atoms with van der Waals surface area (Å²) in [6, 6.07) is 5.21. The van der Waals surface area contributed by atoms with Crippen LogP contribution in [0.25, 0.3) is 0 Å². The average Bonchev–Trinajstić information content (AvgIpc) is 2.75. The number of aromatic nitrogens is 1. The number of halogens is 1. The third-order valence-corrected chi connectivity index (χ3v) is 2.91. The number of rotatable bonds is 3. The van der Waals surface area contributed by atoms with E-state index in [1.807, 2.05) is 18.5 Å². The van der Waals surface area contributed by atoms with E-state index in [1.165, 1.54) is 12.3 Å². The molecule has 2 aromatic heterocycles. The molecule has 1 unspecified atom stereocenters. The monoisotopic (exact) mass is 222 g/mol. The maximum absolute atomic E-state index is 12.7. The topological polar surface area (TPSA) is 24.9 Å². The van der Waals surface area contributed by atoms with Gasteiger partial charge >= 0.3 is 0 Å². The Bertz CT molecular complexity index is 411. The van der Waals surface area contributed by atoms with Crippen LogP contribution in [0.5, 0.6) is 0 Å². The van der Waals surface area contributed by atoms with Crippen LogP contribution in [0, 0.1) is 5.82 Å². The zero-order valence-corrected chi connectivity index (χ0v) is 9.09. The van der Waals surface area contributed by atoms with Crippen molar-refractivity contribution in [2.45, 2.75) is 6.04 Å². The van der Waals surface area contributed by atoms with Crippen molar-refractivity contribution in [2.75, 3.05) is 7.05 Å². The van der Waals surface area contributed by atoms with Gasteiger partial charge in [0.1, 0.15) is 5.82 Å². The van der Waals surface area contributed by atoms with E-state index >= 15 is 0 Å². The highest BCUT2D eigenvalue weighted by atomic mass is 32.1. The van der Waals surface area contributed by atoms with Crippen LogP contribution in [0.2, 0.25) is 0 Å². The smallest absolute Gasteiger partial charge is 0.141 e. The fourth-order valence-corrected chi connectivity index (χ4v) is 2.17. The molecule has 1 atom stereocenters. The van der Waals surface area contributed by atoms with E-state index in [2.05, 4.69) is 15.7 Å². The third-order valence-electron chi connectivity index (χ3n) is 2.21. The van der Waals surface area contributed by atoms with Gasteiger partial charge in [-0.15, -0.1) is 0 Å². The van der Waals surface area contributed by atoms with Gasteiger partial charge in [-0.1, -0.05) is 0 Å². The van der Waals surface area contributed by atoms with E-state index in [0.717, 1.165) is 11.3 Å². The third kappa shape index (κ3) is 2.22. The maximum atomic E-state index is 12.7. The molecule has 0 bridgehead atoms. The second kappa shape index (κ2) is 4.51. The van der Waals surface area contributed by atoms with Gasteiger partial charge in [0.05, 0.1) is 17.9 Å². The molecule has 2 rings (SSSR count). The van der Waals surface area contributed by atoms with Gasteiger partial charge in [0.2, 0.25) is 0 Å². The van der Waals surface area contributed by atoms with Crippen molar-refractivity contribution in [1.29, 1.82) is 0 Å². The lowest BCUT2D eigenvalue weighted by Gasteiger charge is -2.13. The first-order chi connectivity index (χ1) is 7.31. The first-order valence-electron chi connectivity index (χ1n) is 4.62. The Morgan fingerprint density at radius 1 is 1.40 bits per heavy atom. The standard InChI is InChI=1S/C11H11FN2S/c1-13-11(8-4-5-15-7-8)10-3-2-9(12)6-14-10/h2-7,11,13H,1H3. The van der Waals surface area contributed by atoms with E-state index in [9.17, 15) is 4.39 Å². The van der Waals surface area contributed by atoms with E-state index in [-0.39, 0.29) is 11.9 Å². The molecule has 2 aromatic rings. The minimum atomic E-state index is -0.307.